The van der Waals surface area contributed by atoms with Crippen molar-refractivity contribution in [1.82, 2.24) is 5.43 Å². The Morgan fingerprint density at radius 2 is 2.10 bits per heavy atom. The highest BCUT2D eigenvalue weighted by Gasteiger charge is 2.18. The summed E-state index contributed by atoms with van der Waals surface area (Å²) in [5, 5.41) is 25.3. The molecule has 1 aromatic heterocycles. The first-order chi connectivity index (χ1) is 14.5. The van der Waals surface area contributed by atoms with Crippen molar-refractivity contribution >= 4 is 28.8 Å². The molecule has 3 aromatic rings. The molecule has 0 bridgehead atoms. The Hall–Kier alpha value is -3.88. The van der Waals surface area contributed by atoms with Crippen molar-refractivity contribution in [1.29, 1.82) is 0 Å². The largest absolute Gasteiger partial charge is 0.507 e. The highest BCUT2D eigenvalue weighted by Crippen LogP contribution is 2.33. The molecule has 30 heavy (non-hydrogen) atoms. The van der Waals surface area contributed by atoms with Crippen molar-refractivity contribution in [3.63, 3.8) is 0 Å². The highest BCUT2D eigenvalue weighted by atomic mass is 16.6. The average Bonchev–Trinajstić information content (AvgIpc) is 3.11. The predicted molar refractivity (Wildman–Crippen MR) is 109 cm³/mol. The maximum Gasteiger partial charge on any atom is 0.277 e. The number of hydrogen-bond donors (Lipinski definition) is 2. The second kappa shape index (κ2) is 8.24. The summed E-state index contributed by atoms with van der Waals surface area (Å²) in [6.07, 6.45) is 5.31. The van der Waals surface area contributed by atoms with Gasteiger partial charge in [0.15, 0.2) is 6.61 Å². The van der Waals surface area contributed by atoms with Crippen LogP contribution in [0.5, 0.6) is 11.5 Å². The molecule has 0 aliphatic heterocycles. The summed E-state index contributed by atoms with van der Waals surface area (Å²) < 4.78 is 11.4. The number of phenolic OH excluding ortho intramolecular Hbond substituents is 1. The van der Waals surface area contributed by atoms with Crippen LogP contribution in [0.15, 0.2) is 45.9 Å². The maximum absolute atomic E-state index is 12.0. The topological polar surface area (TPSA) is 127 Å². The Labute approximate surface area is 171 Å². The Balaban J connectivity index is 1.36. The zero-order chi connectivity index (χ0) is 21.1. The maximum atomic E-state index is 12.0. The number of nitro benzene ring substituents is 1. The molecule has 0 radical (unpaired) electrons. The Morgan fingerprint density at radius 3 is 2.93 bits per heavy atom. The van der Waals surface area contributed by atoms with Crippen LogP contribution in [0.2, 0.25) is 0 Å². The molecule has 0 atom stereocenters. The summed E-state index contributed by atoms with van der Waals surface area (Å²) in [6, 6.07) is 8.98. The van der Waals surface area contributed by atoms with E-state index in [0.717, 1.165) is 54.7 Å². The molecular weight excluding hydrogens is 390 g/mol. The first kappa shape index (κ1) is 19.4. The van der Waals surface area contributed by atoms with Crippen LogP contribution in [-0.4, -0.2) is 28.8 Å². The number of phenols is 1. The highest BCUT2D eigenvalue weighted by molar-refractivity contribution is 5.86. The molecule has 0 saturated heterocycles. The number of hydrazone groups is 1. The number of aromatic hydroxyl groups is 1. The number of aryl methyl sites for hydroxylation is 2. The number of furan rings is 1. The molecule has 0 saturated carbocycles. The molecule has 0 fully saturated rings. The number of carbonyl (C=O) groups is 1. The molecule has 2 aromatic carbocycles. The van der Waals surface area contributed by atoms with Crippen molar-refractivity contribution in [2.75, 3.05) is 6.61 Å². The zero-order valence-corrected chi connectivity index (χ0v) is 16.0. The van der Waals surface area contributed by atoms with Crippen LogP contribution >= 0.6 is 0 Å². The van der Waals surface area contributed by atoms with Crippen molar-refractivity contribution < 1.29 is 24.0 Å². The Morgan fingerprint density at radius 1 is 1.27 bits per heavy atom. The summed E-state index contributed by atoms with van der Waals surface area (Å²) in [6.45, 7) is -0.260. The van der Waals surface area contributed by atoms with Crippen LogP contribution in [0.1, 0.15) is 29.7 Å². The third-order valence-electron chi connectivity index (χ3n) is 4.91. The number of amides is 1. The predicted octanol–water partition coefficient (Wildman–Crippen LogP) is 3.45. The van der Waals surface area contributed by atoms with Gasteiger partial charge in [0.25, 0.3) is 11.6 Å². The first-order valence-electron chi connectivity index (χ1n) is 9.47. The number of benzene rings is 2. The van der Waals surface area contributed by atoms with E-state index >= 15 is 0 Å². The van der Waals surface area contributed by atoms with E-state index in [1.807, 2.05) is 12.1 Å². The number of rotatable bonds is 6. The zero-order valence-electron chi connectivity index (χ0n) is 16.0. The number of nitrogens with one attached hydrogen (secondary N) is 1. The summed E-state index contributed by atoms with van der Waals surface area (Å²) in [5.74, 6) is 0.883. The van der Waals surface area contributed by atoms with Gasteiger partial charge >= 0.3 is 0 Å². The second-order valence-electron chi connectivity index (χ2n) is 6.95. The fourth-order valence-corrected chi connectivity index (χ4v) is 3.45. The normalized spacial score (nSPS) is 13.3. The van der Waals surface area contributed by atoms with E-state index in [2.05, 4.69) is 10.5 Å². The number of ether oxygens (including phenoxy) is 1. The van der Waals surface area contributed by atoms with E-state index in [9.17, 15) is 20.0 Å². The van der Waals surface area contributed by atoms with Gasteiger partial charge in [-0.15, -0.1) is 0 Å². The van der Waals surface area contributed by atoms with Crippen molar-refractivity contribution in [2.45, 2.75) is 25.7 Å². The van der Waals surface area contributed by atoms with Crippen LogP contribution in [0.25, 0.3) is 11.0 Å². The molecule has 1 aliphatic rings. The van der Waals surface area contributed by atoms with Crippen molar-refractivity contribution in [3.8, 4) is 11.5 Å². The fourth-order valence-electron chi connectivity index (χ4n) is 3.45. The van der Waals surface area contributed by atoms with E-state index in [4.69, 9.17) is 9.15 Å². The number of nitrogens with zero attached hydrogens (tertiary/aromatic N) is 2. The minimum absolute atomic E-state index is 0.112. The lowest BCUT2D eigenvalue weighted by molar-refractivity contribution is -0.384. The number of carbonyl (C=O) groups excluding carboxylic acids is 1. The van der Waals surface area contributed by atoms with Gasteiger partial charge in [0, 0.05) is 35.1 Å². The molecule has 4 rings (SSSR count). The quantitative estimate of drug-likeness (QED) is 0.365. The summed E-state index contributed by atoms with van der Waals surface area (Å²) in [5.41, 5.74) is 4.22. The van der Waals surface area contributed by atoms with Gasteiger partial charge in [-0.2, -0.15) is 5.10 Å². The monoisotopic (exact) mass is 409 g/mol. The lowest BCUT2D eigenvalue weighted by atomic mass is 9.96. The molecule has 154 valence electrons. The van der Waals surface area contributed by atoms with Gasteiger partial charge < -0.3 is 14.3 Å². The van der Waals surface area contributed by atoms with Gasteiger partial charge in [0.05, 0.1) is 11.1 Å². The fraction of sp³-hybridized carbons (Fsp3) is 0.238. The van der Waals surface area contributed by atoms with Crippen LogP contribution in [0, 0.1) is 10.1 Å². The molecular formula is C21H19N3O6. The second-order valence-corrected chi connectivity index (χ2v) is 6.95. The van der Waals surface area contributed by atoms with E-state index in [1.165, 1.54) is 17.7 Å². The van der Waals surface area contributed by atoms with E-state index in [-0.39, 0.29) is 23.6 Å². The molecule has 1 amide bonds. The minimum Gasteiger partial charge on any atom is -0.507 e. The van der Waals surface area contributed by atoms with E-state index in [0.29, 0.717) is 5.75 Å². The van der Waals surface area contributed by atoms with Gasteiger partial charge in [0.1, 0.15) is 22.8 Å². The van der Waals surface area contributed by atoms with Crippen LogP contribution < -0.4 is 10.2 Å². The third-order valence-corrected chi connectivity index (χ3v) is 4.91. The van der Waals surface area contributed by atoms with Gasteiger partial charge in [-0.25, -0.2) is 5.43 Å². The number of fused-ring (bicyclic) bond motifs is 3. The lowest BCUT2D eigenvalue weighted by Crippen LogP contribution is -2.24. The summed E-state index contributed by atoms with van der Waals surface area (Å²) >= 11 is 0. The Kier molecular flexibility index (Phi) is 5.34. The summed E-state index contributed by atoms with van der Waals surface area (Å²) in [4.78, 5) is 22.2. The molecule has 1 heterocycles. The van der Waals surface area contributed by atoms with Crippen molar-refractivity contribution in [2.24, 2.45) is 5.10 Å². The van der Waals surface area contributed by atoms with Gasteiger partial charge in [-0.1, -0.05) is 0 Å². The number of non-ortho nitro benzene ring substituents is 1. The molecule has 9 heteroatoms. The van der Waals surface area contributed by atoms with Crippen molar-refractivity contribution in [3.05, 3.63) is 63.4 Å². The molecule has 9 nitrogen and oxygen atoms in total. The summed E-state index contributed by atoms with van der Waals surface area (Å²) in [7, 11) is 0. The molecule has 0 unspecified atom stereocenters. The number of nitro groups is 1. The van der Waals surface area contributed by atoms with Gasteiger partial charge in [-0.3, -0.25) is 14.9 Å². The average molecular weight is 409 g/mol. The van der Waals surface area contributed by atoms with Gasteiger partial charge in [-0.05, 0) is 43.5 Å². The SMILES string of the molecule is O=C(COc1ccc2oc3c(c2c1)CCCC3)N/N=C/c1cc([N+](=O)[O-])ccc1O. The molecule has 2 N–H and O–H groups in total. The van der Waals surface area contributed by atoms with Crippen LogP contribution in [0.3, 0.4) is 0 Å². The minimum atomic E-state index is -0.586. The lowest BCUT2D eigenvalue weighted by Gasteiger charge is -2.09. The van der Waals surface area contributed by atoms with E-state index in [1.54, 1.807) is 6.07 Å². The Bertz CT molecular complexity index is 1150. The smallest absolute Gasteiger partial charge is 0.277 e. The van der Waals surface area contributed by atoms with Crippen LogP contribution in [-0.2, 0) is 17.6 Å². The van der Waals surface area contributed by atoms with E-state index < -0.39 is 10.8 Å². The third kappa shape index (κ3) is 4.09. The molecule has 0 spiro atoms. The number of hydrogen-bond acceptors (Lipinski definition) is 7. The van der Waals surface area contributed by atoms with Crippen LogP contribution in [0.4, 0.5) is 5.69 Å². The standard InChI is InChI=1S/C21H19N3O6/c25-18-7-5-14(24(27)28)9-13(18)11-22-23-21(26)12-29-15-6-8-20-17(10-15)16-3-1-2-4-19(16)30-20/h5-11,25H,1-4,12H2,(H,23,26)/b22-11+. The van der Waals surface area contributed by atoms with Gasteiger partial charge in [0.2, 0.25) is 0 Å². The first-order valence-corrected chi connectivity index (χ1v) is 9.47. The molecule has 1 aliphatic carbocycles.